The van der Waals surface area contributed by atoms with Gasteiger partial charge < -0.3 is 4.90 Å². The van der Waals surface area contributed by atoms with Gasteiger partial charge in [-0.05, 0) is 29.9 Å². The van der Waals surface area contributed by atoms with E-state index in [0.717, 1.165) is 11.3 Å². The zero-order valence-corrected chi connectivity index (χ0v) is 21.3. The van der Waals surface area contributed by atoms with Crippen LogP contribution in [0.4, 0.5) is 5.69 Å². The van der Waals surface area contributed by atoms with Crippen LogP contribution in [0.15, 0.2) is 54.6 Å². The summed E-state index contributed by atoms with van der Waals surface area (Å²) in [5, 5.41) is 0.220. The van der Waals surface area contributed by atoms with Gasteiger partial charge in [-0.15, -0.1) is 0 Å². The molecular weight excluding hydrogens is 410 g/mol. The summed E-state index contributed by atoms with van der Waals surface area (Å²) in [6.07, 6.45) is 14.2. The van der Waals surface area contributed by atoms with E-state index in [2.05, 4.69) is 50.2 Å². The third-order valence-electron chi connectivity index (χ3n) is 6.06. The van der Waals surface area contributed by atoms with E-state index < -0.39 is 0 Å². The lowest BCUT2D eigenvalue weighted by Gasteiger charge is -2.19. The molecule has 0 radical (unpaired) electrons. The largest absolute Gasteiger partial charge is 0.378 e. The van der Waals surface area contributed by atoms with Gasteiger partial charge in [-0.2, -0.15) is 11.8 Å². The molecule has 0 bridgehead atoms. The van der Waals surface area contributed by atoms with Gasteiger partial charge in [-0.3, -0.25) is 4.79 Å². The van der Waals surface area contributed by atoms with Crippen LogP contribution in [0.3, 0.4) is 0 Å². The van der Waals surface area contributed by atoms with Crippen molar-refractivity contribution in [1.82, 2.24) is 0 Å². The molecule has 0 heterocycles. The molecule has 0 fully saturated rings. The third-order valence-corrected chi connectivity index (χ3v) is 7.43. The second-order valence-corrected chi connectivity index (χ2v) is 10.3. The Kier molecular flexibility index (Phi) is 13.2. The first-order valence-electron chi connectivity index (χ1n) is 12.6. The quantitative estimate of drug-likeness (QED) is 0.176. The summed E-state index contributed by atoms with van der Waals surface area (Å²) in [7, 11) is 4.12. The topological polar surface area (TPSA) is 20.3 Å². The molecule has 2 aromatic rings. The van der Waals surface area contributed by atoms with Gasteiger partial charge in [0, 0.05) is 37.0 Å². The number of rotatable bonds is 17. The zero-order valence-electron chi connectivity index (χ0n) is 20.5. The van der Waals surface area contributed by atoms with Gasteiger partial charge >= 0.3 is 0 Å². The monoisotopic (exact) mass is 453 g/mol. The maximum Gasteiger partial charge on any atom is 0.164 e. The van der Waals surface area contributed by atoms with Crippen molar-refractivity contribution < 1.29 is 4.79 Å². The number of hydrogen-bond acceptors (Lipinski definition) is 3. The summed E-state index contributed by atoms with van der Waals surface area (Å²) in [5.41, 5.74) is 3.28. The third kappa shape index (κ3) is 10.3. The first kappa shape index (κ1) is 26.5. The van der Waals surface area contributed by atoms with Gasteiger partial charge in [-0.1, -0.05) is 107 Å². The van der Waals surface area contributed by atoms with Crippen molar-refractivity contribution in [3.63, 3.8) is 0 Å². The molecule has 0 aliphatic heterocycles. The van der Waals surface area contributed by atoms with Crippen LogP contribution in [-0.4, -0.2) is 25.6 Å². The minimum atomic E-state index is 0.220. The second kappa shape index (κ2) is 16.0. The van der Waals surface area contributed by atoms with Crippen molar-refractivity contribution in [2.45, 2.75) is 82.8 Å². The molecule has 0 N–H and O–H groups in total. The molecule has 2 aromatic carbocycles. The van der Waals surface area contributed by atoms with Crippen molar-refractivity contribution in [1.29, 1.82) is 0 Å². The van der Waals surface area contributed by atoms with Crippen molar-refractivity contribution in [2.24, 2.45) is 0 Å². The summed E-state index contributed by atoms with van der Waals surface area (Å²) in [6.45, 7) is 2.28. The molecule has 0 spiro atoms. The molecular formula is C29H43NOS. The van der Waals surface area contributed by atoms with E-state index in [-0.39, 0.29) is 11.0 Å². The lowest BCUT2D eigenvalue weighted by atomic mass is 10.0. The van der Waals surface area contributed by atoms with E-state index >= 15 is 0 Å². The zero-order chi connectivity index (χ0) is 23.0. The van der Waals surface area contributed by atoms with E-state index in [0.29, 0.717) is 6.42 Å². The van der Waals surface area contributed by atoms with Crippen molar-refractivity contribution in [2.75, 3.05) is 24.7 Å². The molecule has 1 atom stereocenters. The first-order chi connectivity index (χ1) is 15.6. The van der Waals surface area contributed by atoms with Crippen LogP contribution in [0.5, 0.6) is 0 Å². The number of anilines is 1. The molecule has 32 heavy (non-hydrogen) atoms. The Labute approximate surface area is 201 Å². The van der Waals surface area contributed by atoms with Crippen molar-refractivity contribution in [3.8, 4) is 0 Å². The fourth-order valence-corrected chi connectivity index (χ4v) is 5.26. The SMILES string of the molecule is CCCCCCCCCCCCS[C@@H](CC(=O)c1ccccc1)c1ccc(N(C)C)cc1. The normalized spacial score (nSPS) is 12.0. The molecule has 0 saturated carbocycles. The number of ketones is 1. The summed E-state index contributed by atoms with van der Waals surface area (Å²) in [4.78, 5) is 15.0. The van der Waals surface area contributed by atoms with Gasteiger partial charge in [0.05, 0.1) is 0 Å². The van der Waals surface area contributed by atoms with Crippen LogP contribution in [0, 0.1) is 0 Å². The van der Waals surface area contributed by atoms with Crippen molar-refractivity contribution in [3.05, 3.63) is 65.7 Å². The lowest BCUT2D eigenvalue weighted by Crippen LogP contribution is -2.09. The average molecular weight is 454 g/mol. The van der Waals surface area contributed by atoms with E-state index in [1.54, 1.807) is 0 Å². The highest BCUT2D eigenvalue weighted by molar-refractivity contribution is 7.99. The number of carbonyl (C=O) groups is 1. The highest BCUT2D eigenvalue weighted by Crippen LogP contribution is 2.35. The molecule has 3 heteroatoms. The van der Waals surface area contributed by atoms with Crippen LogP contribution >= 0.6 is 11.8 Å². The average Bonchev–Trinajstić information content (AvgIpc) is 2.82. The molecule has 0 aliphatic rings. The van der Waals surface area contributed by atoms with E-state index in [1.807, 2.05) is 42.1 Å². The van der Waals surface area contributed by atoms with Crippen LogP contribution in [-0.2, 0) is 0 Å². The minimum Gasteiger partial charge on any atom is -0.378 e. The molecule has 0 aliphatic carbocycles. The Morgan fingerprint density at radius 2 is 1.34 bits per heavy atom. The van der Waals surface area contributed by atoms with E-state index in [9.17, 15) is 4.79 Å². The molecule has 0 saturated heterocycles. The predicted octanol–water partition coefficient (Wildman–Crippen LogP) is 8.72. The van der Waals surface area contributed by atoms with Gasteiger partial charge in [0.2, 0.25) is 0 Å². The van der Waals surface area contributed by atoms with E-state index in [1.165, 1.54) is 75.5 Å². The molecule has 0 aromatic heterocycles. The summed E-state index contributed by atoms with van der Waals surface area (Å²) < 4.78 is 0. The number of Topliss-reactive ketones (excluding diaryl/α,β-unsaturated/α-hetero) is 1. The first-order valence-corrected chi connectivity index (χ1v) is 13.6. The number of hydrogen-bond donors (Lipinski definition) is 0. The standard InChI is InChI=1S/C29H43NOS/c1-4-5-6-7-8-9-10-11-12-16-23-32-29(24-28(31)25-17-14-13-15-18-25)26-19-21-27(22-20-26)30(2)3/h13-15,17-22,29H,4-12,16,23-24H2,1-3H3/t29-/m0/s1. The Balaban J connectivity index is 1.80. The second-order valence-electron chi connectivity index (χ2n) is 9.02. The number of unbranched alkanes of at least 4 members (excludes halogenated alkanes) is 9. The smallest absolute Gasteiger partial charge is 0.164 e. The van der Waals surface area contributed by atoms with Gasteiger partial charge in [0.25, 0.3) is 0 Å². The minimum absolute atomic E-state index is 0.220. The number of thioether (sulfide) groups is 1. The number of carbonyl (C=O) groups excluding carboxylic acids is 1. The predicted molar refractivity (Wildman–Crippen MR) is 143 cm³/mol. The Morgan fingerprint density at radius 1 is 0.781 bits per heavy atom. The Hall–Kier alpha value is -1.74. The Morgan fingerprint density at radius 3 is 1.91 bits per heavy atom. The fraction of sp³-hybridized carbons (Fsp3) is 0.552. The highest BCUT2D eigenvalue weighted by atomic mass is 32.2. The van der Waals surface area contributed by atoms with Crippen LogP contribution in [0.1, 0.15) is 98.7 Å². The Bertz CT molecular complexity index is 742. The summed E-state index contributed by atoms with van der Waals surface area (Å²) in [5.74, 6) is 1.36. The van der Waals surface area contributed by atoms with Gasteiger partial charge in [0.1, 0.15) is 0 Å². The molecule has 176 valence electrons. The molecule has 0 amide bonds. The van der Waals surface area contributed by atoms with E-state index in [4.69, 9.17) is 0 Å². The molecule has 2 nitrogen and oxygen atoms in total. The molecule has 0 unspecified atom stereocenters. The number of nitrogens with zero attached hydrogens (tertiary/aromatic N) is 1. The summed E-state index contributed by atoms with van der Waals surface area (Å²) in [6, 6.07) is 18.5. The number of benzene rings is 2. The highest BCUT2D eigenvalue weighted by Gasteiger charge is 2.18. The van der Waals surface area contributed by atoms with Gasteiger partial charge in [-0.25, -0.2) is 0 Å². The maximum atomic E-state index is 12.9. The maximum absolute atomic E-state index is 12.9. The lowest BCUT2D eigenvalue weighted by molar-refractivity contribution is 0.0982. The molecule has 2 rings (SSSR count). The van der Waals surface area contributed by atoms with Crippen LogP contribution < -0.4 is 4.90 Å². The summed E-state index contributed by atoms with van der Waals surface area (Å²) >= 11 is 1.95. The van der Waals surface area contributed by atoms with Crippen molar-refractivity contribution >= 4 is 23.2 Å². The van der Waals surface area contributed by atoms with Crippen LogP contribution in [0.25, 0.3) is 0 Å². The fourth-order valence-electron chi connectivity index (χ4n) is 3.99. The van der Waals surface area contributed by atoms with Gasteiger partial charge in [0.15, 0.2) is 5.78 Å². The van der Waals surface area contributed by atoms with Crippen LogP contribution in [0.2, 0.25) is 0 Å².